The van der Waals surface area contributed by atoms with Crippen molar-refractivity contribution in [3.63, 3.8) is 0 Å². The highest BCUT2D eigenvalue weighted by Gasteiger charge is 2.20. The lowest BCUT2D eigenvalue weighted by molar-refractivity contribution is 0.0822. The van der Waals surface area contributed by atoms with Crippen LogP contribution in [0.5, 0.6) is 0 Å². The molecule has 0 unspecified atom stereocenters. The Morgan fingerprint density at radius 1 is 1.47 bits per heavy atom. The van der Waals surface area contributed by atoms with Crippen molar-refractivity contribution in [2.75, 3.05) is 26.1 Å². The number of sulfone groups is 1. The number of carbonyl (C=O) groups is 1. The second-order valence-corrected chi connectivity index (χ2v) is 6.42. The Hall–Kier alpha value is -1.15. The molecule has 1 heterocycles. The third kappa shape index (κ3) is 2.95. The quantitative estimate of drug-likeness (QED) is 0.802. The number of aromatic nitrogens is 1. The fourth-order valence-corrected chi connectivity index (χ4v) is 3.00. The summed E-state index contributed by atoms with van der Waals surface area (Å²) in [6.45, 7) is 0. The van der Waals surface area contributed by atoms with Crippen LogP contribution in [0, 0.1) is 0 Å². The summed E-state index contributed by atoms with van der Waals surface area (Å²) in [5.41, 5.74) is 5.69. The maximum atomic E-state index is 11.7. The molecule has 1 amide bonds. The fourth-order valence-electron chi connectivity index (χ4n) is 1.13. The maximum Gasteiger partial charge on any atom is 0.274 e. The van der Waals surface area contributed by atoms with Crippen molar-refractivity contribution in [1.82, 2.24) is 9.88 Å². The van der Waals surface area contributed by atoms with E-state index in [1.165, 1.54) is 11.0 Å². The van der Waals surface area contributed by atoms with E-state index in [0.29, 0.717) is 0 Å². The molecule has 2 N–H and O–H groups in total. The first-order chi connectivity index (χ1) is 7.64. The lowest BCUT2D eigenvalue weighted by atomic mass is 10.3. The minimum atomic E-state index is -3.43. The zero-order valence-corrected chi connectivity index (χ0v) is 12.0. The van der Waals surface area contributed by atoms with E-state index in [-0.39, 0.29) is 26.8 Å². The van der Waals surface area contributed by atoms with Gasteiger partial charge in [-0.05, 0) is 22.0 Å². The Morgan fingerprint density at radius 3 is 2.41 bits per heavy atom. The van der Waals surface area contributed by atoms with Crippen molar-refractivity contribution in [2.45, 2.75) is 4.90 Å². The molecule has 1 aromatic heterocycles. The molecule has 0 aliphatic rings. The van der Waals surface area contributed by atoms with Gasteiger partial charge in [0, 0.05) is 20.4 Å². The zero-order chi connectivity index (χ0) is 13.4. The largest absolute Gasteiger partial charge is 0.397 e. The van der Waals surface area contributed by atoms with Crippen LogP contribution in [-0.2, 0) is 9.84 Å². The Kier molecular flexibility index (Phi) is 3.78. The third-order valence-electron chi connectivity index (χ3n) is 1.98. The molecular formula is C9H12BrN3O3S. The molecule has 8 heteroatoms. The molecule has 0 saturated heterocycles. The number of nitrogens with two attached hydrogens (primary N) is 1. The molecule has 0 spiro atoms. The SMILES string of the molecule is CN(C)C(=O)c1nc(Br)c(S(C)(=O)=O)cc1N. The van der Waals surface area contributed by atoms with E-state index in [9.17, 15) is 13.2 Å². The van der Waals surface area contributed by atoms with Crippen molar-refractivity contribution < 1.29 is 13.2 Å². The highest BCUT2D eigenvalue weighted by atomic mass is 79.9. The lowest BCUT2D eigenvalue weighted by Gasteiger charge is -2.12. The van der Waals surface area contributed by atoms with Crippen molar-refractivity contribution >= 4 is 37.4 Å². The predicted molar refractivity (Wildman–Crippen MR) is 67.5 cm³/mol. The van der Waals surface area contributed by atoms with Gasteiger partial charge in [0.1, 0.15) is 9.50 Å². The average molecular weight is 322 g/mol. The first-order valence-corrected chi connectivity index (χ1v) is 7.20. The number of pyridine rings is 1. The fraction of sp³-hybridized carbons (Fsp3) is 0.333. The summed E-state index contributed by atoms with van der Waals surface area (Å²) in [6.07, 6.45) is 1.04. The number of hydrogen-bond acceptors (Lipinski definition) is 5. The summed E-state index contributed by atoms with van der Waals surface area (Å²) < 4.78 is 22.9. The molecule has 17 heavy (non-hydrogen) atoms. The van der Waals surface area contributed by atoms with Crippen LogP contribution in [-0.4, -0.2) is 44.6 Å². The molecule has 0 atom stereocenters. The molecule has 6 nitrogen and oxygen atoms in total. The van der Waals surface area contributed by atoms with Crippen LogP contribution in [0.1, 0.15) is 10.5 Å². The van der Waals surface area contributed by atoms with Crippen molar-refractivity contribution in [2.24, 2.45) is 0 Å². The van der Waals surface area contributed by atoms with Crippen LogP contribution in [0.25, 0.3) is 0 Å². The van der Waals surface area contributed by atoms with E-state index in [0.717, 1.165) is 6.26 Å². The molecule has 0 radical (unpaired) electrons. The molecule has 0 fully saturated rings. The lowest BCUT2D eigenvalue weighted by Crippen LogP contribution is -2.24. The number of nitrogen functional groups attached to an aromatic ring is 1. The zero-order valence-electron chi connectivity index (χ0n) is 9.56. The minimum absolute atomic E-state index is 0.0225. The van der Waals surface area contributed by atoms with E-state index in [2.05, 4.69) is 20.9 Å². The number of amides is 1. The smallest absolute Gasteiger partial charge is 0.274 e. The first-order valence-electron chi connectivity index (χ1n) is 4.52. The summed E-state index contributed by atoms with van der Waals surface area (Å²) in [5.74, 6) is -0.386. The Balaban J connectivity index is 3.44. The summed E-state index contributed by atoms with van der Waals surface area (Å²) in [7, 11) is -0.318. The van der Waals surface area contributed by atoms with Crippen molar-refractivity contribution in [3.8, 4) is 0 Å². The van der Waals surface area contributed by atoms with Crippen molar-refractivity contribution in [3.05, 3.63) is 16.4 Å². The van der Waals surface area contributed by atoms with Crippen LogP contribution in [0.2, 0.25) is 0 Å². The number of nitrogens with zero attached hydrogens (tertiary/aromatic N) is 2. The number of rotatable bonds is 2. The number of halogens is 1. The minimum Gasteiger partial charge on any atom is -0.397 e. The number of anilines is 1. The average Bonchev–Trinajstić information content (AvgIpc) is 2.18. The second kappa shape index (κ2) is 4.61. The Bertz CT molecular complexity index is 569. The summed E-state index contributed by atoms with van der Waals surface area (Å²) >= 11 is 3.02. The van der Waals surface area contributed by atoms with Gasteiger partial charge in [0.05, 0.1) is 5.69 Å². The predicted octanol–water partition coefficient (Wildman–Crippen LogP) is 0.532. The molecule has 1 rings (SSSR count). The van der Waals surface area contributed by atoms with Gasteiger partial charge < -0.3 is 10.6 Å². The number of carbonyl (C=O) groups excluding carboxylic acids is 1. The van der Waals surface area contributed by atoms with E-state index < -0.39 is 9.84 Å². The van der Waals surface area contributed by atoms with Gasteiger partial charge in [-0.25, -0.2) is 13.4 Å². The molecule has 0 bridgehead atoms. The molecule has 0 saturated carbocycles. The second-order valence-electron chi connectivity index (χ2n) is 3.69. The van der Waals surface area contributed by atoms with Crippen molar-refractivity contribution in [1.29, 1.82) is 0 Å². The van der Waals surface area contributed by atoms with Gasteiger partial charge in [-0.15, -0.1) is 0 Å². The monoisotopic (exact) mass is 321 g/mol. The molecule has 0 aromatic carbocycles. The van der Waals surface area contributed by atoms with Crippen LogP contribution >= 0.6 is 15.9 Å². The van der Waals surface area contributed by atoms with E-state index in [1.807, 2.05) is 0 Å². The summed E-state index contributed by atoms with van der Waals surface area (Å²) in [4.78, 5) is 16.8. The van der Waals surface area contributed by atoms with E-state index in [4.69, 9.17) is 5.73 Å². The molecule has 94 valence electrons. The van der Waals surface area contributed by atoms with Gasteiger partial charge >= 0.3 is 0 Å². The topological polar surface area (TPSA) is 93.4 Å². The molecule has 1 aromatic rings. The summed E-state index contributed by atoms with van der Waals surface area (Å²) in [6, 6.07) is 1.23. The standard InChI is InChI=1S/C9H12BrN3O3S/c1-13(2)9(14)7-5(11)4-6(8(10)12-7)17(3,15)16/h4H,11H2,1-3H3. The molecular weight excluding hydrogens is 310 g/mol. The van der Waals surface area contributed by atoms with E-state index >= 15 is 0 Å². The van der Waals surface area contributed by atoms with Crippen LogP contribution in [0.15, 0.2) is 15.6 Å². The normalized spacial score (nSPS) is 11.3. The Morgan fingerprint density at radius 2 is 2.00 bits per heavy atom. The maximum absolute atomic E-state index is 11.7. The molecule has 0 aliphatic carbocycles. The highest BCUT2D eigenvalue weighted by molar-refractivity contribution is 9.10. The van der Waals surface area contributed by atoms with Gasteiger partial charge in [-0.1, -0.05) is 0 Å². The van der Waals surface area contributed by atoms with Crippen LogP contribution in [0.3, 0.4) is 0 Å². The number of hydrogen-bond donors (Lipinski definition) is 1. The van der Waals surface area contributed by atoms with Crippen LogP contribution < -0.4 is 5.73 Å². The van der Waals surface area contributed by atoms with Gasteiger partial charge in [0.25, 0.3) is 5.91 Å². The van der Waals surface area contributed by atoms with Gasteiger partial charge in [-0.3, -0.25) is 4.79 Å². The van der Waals surface area contributed by atoms with Gasteiger partial charge in [0.15, 0.2) is 15.5 Å². The Labute approximate surface area is 108 Å². The summed E-state index contributed by atoms with van der Waals surface area (Å²) in [5, 5.41) is 0. The van der Waals surface area contributed by atoms with E-state index in [1.54, 1.807) is 14.1 Å². The third-order valence-corrected chi connectivity index (χ3v) is 3.96. The first kappa shape index (κ1) is 13.9. The van der Waals surface area contributed by atoms with Gasteiger partial charge in [-0.2, -0.15) is 0 Å². The van der Waals surface area contributed by atoms with Gasteiger partial charge in [0.2, 0.25) is 0 Å². The highest BCUT2D eigenvalue weighted by Crippen LogP contribution is 2.24. The van der Waals surface area contributed by atoms with Crippen LogP contribution in [0.4, 0.5) is 5.69 Å². The molecule has 0 aliphatic heterocycles.